The lowest BCUT2D eigenvalue weighted by Crippen LogP contribution is -1.96. The first-order chi connectivity index (χ1) is 8.19. The molecule has 90 valence electrons. The zero-order valence-corrected chi connectivity index (χ0v) is 10.2. The molecule has 0 saturated carbocycles. The molecule has 1 aromatic carbocycles. The summed E-state index contributed by atoms with van der Waals surface area (Å²) in [5.74, 6) is 1.69. The normalized spacial score (nSPS) is 10.5. The number of rotatable bonds is 4. The number of benzene rings is 1. The lowest BCUT2D eigenvalue weighted by Gasteiger charge is -2.08. The molecule has 1 aromatic heterocycles. The fourth-order valence-corrected chi connectivity index (χ4v) is 1.72. The Morgan fingerprint density at radius 3 is 2.71 bits per heavy atom. The highest BCUT2D eigenvalue weighted by atomic mass is 16.5. The van der Waals surface area contributed by atoms with Gasteiger partial charge in [-0.3, -0.25) is 0 Å². The van der Waals surface area contributed by atoms with Crippen molar-refractivity contribution in [2.45, 2.75) is 27.0 Å². The summed E-state index contributed by atoms with van der Waals surface area (Å²) in [6, 6.07) is 8.04. The Labute approximate surface area is 101 Å². The molecule has 0 unspecified atom stereocenters. The molecule has 17 heavy (non-hydrogen) atoms. The largest absolute Gasteiger partial charge is 0.485 e. The van der Waals surface area contributed by atoms with Gasteiger partial charge in [0.05, 0.1) is 6.26 Å². The lowest BCUT2D eigenvalue weighted by atomic mass is 10.1. The minimum absolute atomic E-state index is 0.434. The fourth-order valence-electron chi connectivity index (χ4n) is 1.72. The van der Waals surface area contributed by atoms with Gasteiger partial charge in [0, 0.05) is 12.1 Å². The molecule has 2 N–H and O–H groups in total. The summed E-state index contributed by atoms with van der Waals surface area (Å²) in [6.07, 6.45) is 1.67. The molecule has 0 saturated heterocycles. The molecule has 0 fully saturated rings. The summed E-state index contributed by atoms with van der Waals surface area (Å²) in [5, 5.41) is 0. The van der Waals surface area contributed by atoms with E-state index in [0.29, 0.717) is 13.2 Å². The second-order valence-corrected chi connectivity index (χ2v) is 4.18. The van der Waals surface area contributed by atoms with Crippen LogP contribution in [0.1, 0.15) is 22.5 Å². The van der Waals surface area contributed by atoms with Gasteiger partial charge in [0.15, 0.2) is 0 Å². The van der Waals surface area contributed by atoms with Gasteiger partial charge in [0.2, 0.25) is 0 Å². The molecule has 2 aromatic rings. The van der Waals surface area contributed by atoms with Crippen molar-refractivity contribution >= 4 is 0 Å². The summed E-state index contributed by atoms with van der Waals surface area (Å²) in [5.41, 5.74) is 8.87. The lowest BCUT2D eigenvalue weighted by molar-refractivity contribution is 0.268. The number of hydrogen-bond donors (Lipinski definition) is 1. The SMILES string of the molecule is Cc1ccc(OCc2cc(CN)co2)c(C)c1. The second-order valence-electron chi connectivity index (χ2n) is 4.18. The summed E-state index contributed by atoms with van der Waals surface area (Å²) in [4.78, 5) is 0. The third-order valence-corrected chi connectivity index (χ3v) is 2.64. The van der Waals surface area contributed by atoms with Gasteiger partial charge in [-0.1, -0.05) is 17.7 Å². The van der Waals surface area contributed by atoms with Crippen LogP contribution in [-0.4, -0.2) is 0 Å². The molecule has 0 amide bonds. The molecule has 0 aliphatic rings. The molecule has 0 aliphatic carbocycles. The molecule has 1 heterocycles. The van der Waals surface area contributed by atoms with Crippen molar-refractivity contribution in [3.05, 3.63) is 53.0 Å². The maximum atomic E-state index is 5.70. The van der Waals surface area contributed by atoms with Crippen LogP contribution in [0.25, 0.3) is 0 Å². The van der Waals surface area contributed by atoms with Crippen molar-refractivity contribution in [3.63, 3.8) is 0 Å². The van der Waals surface area contributed by atoms with Crippen molar-refractivity contribution in [1.82, 2.24) is 0 Å². The Hall–Kier alpha value is -1.74. The van der Waals surface area contributed by atoms with Crippen LogP contribution in [-0.2, 0) is 13.2 Å². The van der Waals surface area contributed by atoms with E-state index in [1.165, 1.54) is 5.56 Å². The summed E-state index contributed by atoms with van der Waals surface area (Å²) < 4.78 is 11.0. The van der Waals surface area contributed by atoms with Crippen LogP contribution in [0.4, 0.5) is 0 Å². The number of furan rings is 1. The van der Waals surface area contributed by atoms with Crippen LogP contribution >= 0.6 is 0 Å². The standard InChI is InChI=1S/C14H17NO2/c1-10-3-4-14(11(2)5-10)17-9-13-6-12(7-15)8-16-13/h3-6,8H,7,9,15H2,1-2H3. The van der Waals surface area contributed by atoms with Crippen molar-refractivity contribution < 1.29 is 9.15 Å². The van der Waals surface area contributed by atoms with Crippen molar-refractivity contribution in [3.8, 4) is 5.75 Å². The molecule has 0 bridgehead atoms. The second kappa shape index (κ2) is 5.06. The number of hydrogen-bond acceptors (Lipinski definition) is 3. The van der Waals surface area contributed by atoms with E-state index < -0.39 is 0 Å². The topological polar surface area (TPSA) is 48.4 Å². The van der Waals surface area contributed by atoms with Gasteiger partial charge in [-0.15, -0.1) is 0 Å². The minimum atomic E-state index is 0.434. The van der Waals surface area contributed by atoms with Crippen LogP contribution in [0, 0.1) is 13.8 Å². The van der Waals surface area contributed by atoms with Gasteiger partial charge in [-0.2, -0.15) is 0 Å². The minimum Gasteiger partial charge on any atom is -0.485 e. The molecule has 3 nitrogen and oxygen atoms in total. The predicted octanol–water partition coefficient (Wildman–Crippen LogP) is 2.93. The highest BCUT2D eigenvalue weighted by Gasteiger charge is 2.03. The third kappa shape index (κ3) is 2.88. The van der Waals surface area contributed by atoms with Crippen molar-refractivity contribution in [2.24, 2.45) is 5.73 Å². The average Bonchev–Trinajstić information content (AvgIpc) is 2.76. The van der Waals surface area contributed by atoms with Crippen LogP contribution < -0.4 is 10.5 Å². The zero-order valence-electron chi connectivity index (χ0n) is 10.2. The third-order valence-electron chi connectivity index (χ3n) is 2.64. The van der Waals surface area contributed by atoms with E-state index in [0.717, 1.165) is 22.6 Å². The Morgan fingerprint density at radius 2 is 2.06 bits per heavy atom. The van der Waals surface area contributed by atoms with Gasteiger partial charge in [0.25, 0.3) is 0 Å². The maximum Gasteiger partial charge on any atom is 0.146 e. The Kier molecular flexibility index (Phi) is 3.49. The average molecular weight is 231 g/mol. The van der Waals surface area contributed by atoms with Crippen LogP contribution in [0.15, 0.2) is 34.9 Å². The Morgan fingerprint density at radius 1 is 1.24 bits per heavy atom. The maximum absolute atomic E-state index is 5.70. The summed E-state index contributed by atoms with van der Waals surface area (Å²) >= 11 is 0. The Balaban J connectivity index is 2.02. The smallest absolute Gasteiger partial charge is 0.146 e. The van der Waals surface area contributed by atoms with E-state index in [-0.39, 0.29) is 0 Å². The first kappa shape index (κ1) is 11.7. The number of ether oxygens (including phenoxy) is 1. The summed E-state index contributed by atoms with van der Waals surface area (Å²) in [7, 11) is 0. The van der Waals surface area contributed by atoms with Crippen molar-refractivity contribution in [2.75, 3.05) is 0 Å². The molecule has 0 radical (unpaired) electrons. The molecule has 3 heteroatoms. The van der Waals surface area contributed by atoms with Crippen LogP contribution in [0.2, 0.25) is 0 Å². The highest BCUT2D eigenvalue weighted by molar-refractivity contribution is 5.35. The summed E-state index contributed by atoms with van der Waals surface area (Å²) in [6.45, 7) is 5.03. The molecular formula is C14H17NO2. The molecule has 0 spiro atoms. The van der Waals surface area contributed by atoms with E-state index in [4.69, 9.17) is 14.9 Å². The van der Waals surface area contributed by atoms with E-state index in [1.807, 2.05) is 25.1 Å². The number of nitrogens with two attached hydrogens (primary N) is 1. The fraction of sp³-hybridized carbons (Fsp3) is 0.286. The highest BCUT2D eigenvalue weighted by Crippen LogP contribution is 2.20. The van der Waals surface area contributed by atoms with E-state index >= 15 is 0 Å². The Bertz CT molecular complexity index is 503. The van der Waals surface area contributed by atoms with Gasteiger partial charge >= 0.3 is 0 Å². The van der Waals surface area contributed by atoms with E-state index in [2.05, 4.69) is 13.0 Å². The predicted molar refractivity (Wildman–Crippen MR) is 66.8 cm³/mol. The zero-order chi connectivity index (χ0) is 12.3. The van der Waals surface area contributed by atoms with Gasteiger partial charge in [0.1, 0.15) is 18.1 Å². The van der Waals surface area contributed by atoms with Crippen LogP contribution in [0.5, 0.6) is 5.75 Å². The molecule has 0 atom stereocenters. The van der Waals surface area contributed by atoms with Gasteiger partial charge in [-0.25, -0.2) is 0 Å². The van der Waals surface area contributed by atoms with Crippen LogP contribution in [0.3, 0.4) is 0 Å². The van der Waals surface area contributed by atoms with E-state index in [9.17, 15) is 0 Å². The number of aryl methyl sites for hydroxylation is 2. The monoisotopic (exact) mass is 231 g/mol. The molecule has 2 rings (SSSR count). The first-order valence-corrected chi connectivity index (χ1v) is 5.65. The van der Waals surface area contributed by atoms with Gasteiger partial charge in [-0.05, 0) is 31.5 Å². The van der Waals surface area contributed by atoms with E-state index in [1.54, 1.807) is 6.26 Å². The quantitative estimate of drug-likeness (QED) is 0.880. The first-order valence-electron chi connectivity index (χ1n) is 5.65. The van der Waals surface area contributed by atoms with Gasteiger partial charge < -0.3 is 14.9 Å². The molecular weight excluding hydrogens is 214 g/mol. The van der Waals surface area contributed by atoms with Crippen molar-refractivity contribution in [1.29, 1.82) is 0 Å². The molecule has 0 aliphatic heterocycles.